The molecule has 0 spiro atoms. The first-order valence-electron chi connectivity index (χ1n) is 11.9. The van der Waals surface area contributed by atoms with Crippen molar-refractivity contribution in [2.24, 2.45) is 4.99 Å². The van der Waals surface area contributed by atoms with Crippen molar-refractivity contribution in [1.82, 2.24) is 19.4 Å². The van der Waals surface area contributed by atoms with Crippen molar-refractivity contribution < 1.29 is 19.0 Å². The van der Waals surface area contributed by atoms with Crippen molar-refractivity contribution in [2.45, 2.75) is 19.8 Å². The van der Waals surface area contributed by atoms with E-state index in [1.165, 1.54) is 12.1 Å². The Hall–Kier alpha value is -3.98. The third-order valence-corrected chi connectivity index (χ3v) is 5.84. The Balaban J connectivity index is 0.000000375. The van der Waals surface area contributed by atoms with Gasteiger partial charge in [-0.1, -0.05) is 24.3 Å². The van der Waals surface area contributed by atoms with Crippen molar-refractivity contribution >= 4 is 17.9 Å². The zero-order valence-corrected chi connectivity index (χ0v) is 20.5. The Morgan fingerprint density at radius 1 is 1.17 bits per heavy atom. The van der Waals surface area contributed by atoms with Gasteiger partial charge in [-0.25, -0.2) is 14.4 Å². The molecule has 2 aromatic carbocycles. The summed E-state index contributed by atoms with van der Waals surface area (Å²) in [4.78, 5) is 25.5. The van der Waals surface area contributed by atoms with E-state index in [-0.39, 0.29) is 18.3 Å². The first kappa shape index (κ1) is 25.1. The van der Waals surface area contributed by atoms with Gasteiger partial charge in [0, 0.05) is 32.4 Å². The molecule has 0 aliphatic carbocycles. The molecule has 9 heteroatoms. The van der Waals surface area contributed by atoms with E-state index in [2.05, 4.69) is 14.9 Å². The topological polar surface area (TPSA) is 83.2 Å². The Morgan fingerprint density at radius 3 is 2.61 bits per heavy atom. The van der Waals surface area contributed by atoms with Gasteiger partial charge in [0.05, 0.1) is 24.8 Å². The molecule has 8 nitrogen and oxygen atoms in total. The number of aliphatic hydroxyl groups is 1. The summed E-state index contributed by atoms with van der Waals surface area (Å²) >= 11 is 0. The van der Waals surface area contributed by atoms with Gasteiger partial charge in [-0.3, -0.25) is 9.69 Å². The Bertz CT molecular complexity index is 1260. The number of aliphatic imine (C=N–C) groups is 1. The molecule has 0 unspecified atom stereocenters. The Labute approximate surface area is 210 Å². The standard InChI is InChI=1S/C21H25N5O3.C6H5F/c1-15-13-25(14-22-15)18-6-5-16(12-19(18)29-2)11-17-20(28)26-9-3-7-24(8-4-10-27)21(26)23-17;7-6-4-2-1-3-5-6/h5-6,11-14,27H,3-4,7-10H2,1-2H3;1-5H/b17-11-;. The number of aromatic nitrogens is 2. The summed E-state index contributed by atoms with van der Waals surface area (Å²) in [6, 6.07) is 13.7. The number of imidazole rings is 1. The predicted octanol–water partition coefficient (Wildman–Crippen LogP) is 3.64. The minimum atomic E-state index is -0.178. The van der Waals surface area contributed by atoms with Crippen LogP contribution in [0.15, 0.2) is 71.7 Å². The second-order valence-electron chi connectivity index (χ2n) is 8.47. The van der Waals surface area contributed by atoms with Gasteiger partial charge in [-0.05, 0) is 55.7 Å². The fourth-order valence-corrected chi connectivity index (χ4v) is 4.10. The van der Waals surface area contributed by atoms with Gasteiger partial charge in [-0.2, -0.15) is 0 Å². The van der Waals surface area contributed by atoms with Crippen LogP contribution in [0, 0.1) is 12.7 Å². The van der Waals surface area contributed by atoms with Crippen LogP contribution in [0.25, 0.3) is 11.8 Å². The number of aryl methyl sites for hydroxylation is 1. The summed E-state index contributed by atoms with van der Waals surface area (Å²) in [7, 11) is 1.62. The zero-order valence-electron chi connectivity index (χ0n) is 20.5. The lowest BCUT2D eigenvalue weighted by Gasteiger charge is -2.34. The lowest BCUT2D eigenvalue weighted by Crippen LogP contribution is -2.50. The fourth-order valence-electron chi connectivity index (χ4n) is 4.10. The smallest absolute Gasteiger partial charge is 0.279 e. The molecule has 0 atom stereocenters. The van der Waals surface area contributed by atoms with E-state index in [0.717, 1.165) is 29.9 Å². The van der Waals surface area contributed by atoms with E-state index in [1.54, 1.807) is 42.6 Å². The maximum absolute atomic E-state index is 12.8. The van der Waals surface area contributed by atoms with Crippen molar-refractivity contribution in [3.8, 4) is 11.4 Å². The number of ether oxygens (including phenoxy) is 1. The number of guanidine groups is 1. The second-order valence-corrected chi connectivity index (χ2v) is 8.47. The number of hydrogen-bond donors (Lipinski definition) is 1. The minimum absolute atomic E-state index is 0.0815. The van der Waals surface area contributed by atoms with Gasteiger partial charge in [0.15, 0.2) is 0 Å². The number of nitrogens with zero attached hydrogens (tertiary/aromatic N) is 5. The molecule has 2 aliphatic heterocycles. The number of rotatable bonds is 6. The van der Waals surface area contributed by atoms with Gasteiger partial charge < -0.3 is 19.3 Å². The number of benzene rings is 2. The van der Waals surface area contributed by atoms with Crippen LogP contribution in [-0.4, -0.2) is 69.7 Å². The zero-order chi connectivity index (χ0) is 25.5. The molecule has 3 aromatic rings. The number of carbonyl (C=O) groups is 1. The Kier molecular flexibility index (Phi) is 8.12. The van der Waals surface area contributed by atoms with Crippen molar-refractivity contribution in [1.29, 1.82) is 0 Å². The van der Waals surface area contributed by atoms with E-state index in [9.17, 15) is 9.18 Å². The molecule has 1 N–H and O–H groups in total. The third kappa shape index (κ3) is 5.80. The molecule has 1 saturated heterocycles. The molecule has 0 saturated carbocycles. The van der Waals surface area contributed by atoms with Crippen LogP contribution < -0.4 is 4.74 Å². The molecule has 1 aromatic heterocycles. The van der Waals surface area contributed by atoms with Crippen molar-refractivity contribution in [3.63, 3.8) is 0 Å². The van der Waals surface area contributed by atoms with E-state index in [0.29, 0.717) is 36.9 Å². The van der Waals surface area contributed by atoms with Crippen LogP contribution >= 0.6 is 0 Å². The monoisotopic (exact) mass is 491 g/mol. The lowest BCUT2D eigenvalue weighted by molar-refractivity contribution is -0.123. The van der Waals surface area contributed by atoms with Crippen LogP contribution in [0.1, 0.15) is 24.1 Å². The largest absolute Gasteiger partial charge is 0.495 e. The molecule has 1 fully saturated rings. The maximum Gasteiger partial charge on any atom is 0.279 e. The normalized spacial score (nSPS) is 15.9. The van der Waals surface area contributed by atoms with Gasteiger partial charge in [0.1, 0.15) is 17.3 Å². The van der Waals surface area contributed by atoms with Crippen molar-refractivity contribution in [2.75, 3.05) is 33.4 Å². The number of hydrogen-bond acceptors (Lipinski definition) is 6. The minimum Gasteiger partial charge on any atom is -0.495 e. The first-order valence-corrected chi connectivity index (χ1v) is 11.9. The third-order valence-electron chi connectivity index (χ3n) is 5.84. The molecule has 36 heavy (non-hydrogen) atoms. The molecular weight excluding hydrogens is 461 g/mol. The number of halogens is 1. The summed E-state index contributed by atoms with van der Waals surface area (Å²) in [5.41, 5.74) is 3.07. The van der Waals surface area contributed by atoms with Gasteiger partial charge in [0.25, 0.3) is 5.91 Å². The van der Waals surface area contributed by atoms with Crippen LogP contribution in [0.2, 0.25) is 0 Å². The second kappa shape index (κ2) is 11.6. The molecule has 188 valence electrons. The average molecular weight is 492 g/mol. The number of carbonyl (C=O) groups excluding carboxylic acids is 1. The summed E-state index contributed by atoms with van der Waals surface area (Å²) < 4.78 is 19.4. The highest BCUT2D eigenvalue weighted by Gasteiger charge is 2.35. The number of methoxy groups -OCH3 is 1. The molecule has 1 amide bonds. The molecular formula is C27H30FN5O3. The van der Waals surface area contributed by atoms with Crippen LogP contribution in [0.4, 0.5) is 4.39 Å². The lowest BCUT2D eigenvalue weighted by atomic mass is 10.1. The number of amides is 1. The molecule has 2 aliphatic rings. The average Bonchev–Trinajstić information content (AvgIpc) is 3.47. The molecule has 3 heterocycles. The summed E-state index contributed by atoms with van der Waals surface area (Å²) in [6.07, 6.45) is 7.03. The number of fused-ring (bicyclic) bond motifs is 1. The quantitative estimate of drug-likeness (QED) is 0.533. The molecule has 5 rings (SSSR count). The maximum atomic E-state index is 12.8. The molecule has 0 bridgehead atoms. The predicted molar refractivity (Wildman–Crippen MR) is 136 cm³/mol. The van der Waals surface area contributed by atoms with E-state index < -0.39 is 0 Å². The summed E-state index contributed by atoms with van der Waals surface area (Å²) in [5.74, 6) is 1.13. The van der Waals surface area contributed by atoms with Gasteiger partial charge in [-0.15, -0.1) is 0 Å². The SMILES string of the molecule is COc1cc(/C=C2\N=C3N(CCCO)CCCN3C2=O)ccc1-n1cnc(C)c1.Fc1ccccc1. The Morgan fingerprint density at radius 2 is 1.97 bits per heavy atom. The highest BCUT2D eigenvalue weighted by Crippen LogP contribution is 2.28. The summed E-state index contributed by atoms with van der Waals surface area (Å²) in [6.45, 7) is 4.28. The van der Waals surface area contributed by atoms with E-state index in [4.69, 9.17) is 9.84 Å². The first-order chi connectivity index (χ1) is 17.5. The summed E-state index contributed by atoms with van der Waals surface area (Å²) in [5, 5.41) is 9.12. The highest BCUT2D eigenvalue weighted by atomic mass is 19.1. The van der Waals surface area contributed by atoms with Crippen LogP contribution in [0.3, 0.4) is 0 Å². The van der Waals surface area contributed by atoms with Crippen LogP contribution in [-0.2, 0) is 4.79 Å². The van der Waals surface area contributed by atoms with Crippen LogP contribution in [0.5, 0.6) is 5.75 Å². The van der Waals surface area contributed by atoms with Gasteiger partial charge >= 0.3 is 0 Å². The van der Waals surface area contributed by atoms with E-state index >= 15 is 0 Å². The fraction of sp³-hybridized carbons (Fsp3) is 0.296. The van der Waals surface area contributed by atoms with E-state index in [1.807, 2.05) is 35.9 Å². The van der Waals surface area contributed by atoms with Crippen molar-refractivity contribution in [3.05, 3.63) is 83.8 Å². The molecule has 0 radical (unpaired) electrons. The highest BCUT2D eigenvalue weighted by molar-refractivity contribution is 6.13. The van der Waals surface area contributed by atoms with Gasteiger partial charge in [0.2, 0.25) is 5.96 Å². The number of aliphatic hydroxyl groups excluding tert-OH is 1.